The van der Waals surface area contributed by atoms with E-state index in [9.17, 15) is 0 Å². The lowest BCUT2D eigenvalue weighted by atomic mass is 9.92. The summed E-state index contributed by atoms with van der Waals surface area (Å²) in [6.45, 7) is 14.4. The van der Waals surface area contributed by atoms with Crippen molar-refractivity contribution < 1.29 is 0 Å². The van der Waals surface area contributed by atoms with Crippen LogP contribution >= 0.6 is 0 Å². The maximum atomic E-state index is 2.34. The van der Waals surface area contributed by atoms with Crippen LogP contribution < -0.4 is 4.90 Å². The van der Waals surface area contributed by atoms with Crippen LogP contribution in [-0.2, 0) is 0 Å². The van der Waals surface area contributed by atoms with Crippen LogP contribution in [0.1, 0.15) is 34.7 Å². The lowest BCUT2D eigenvalue weighted by Gasteiger charge is -2.26. The standard InChI is InChI=1S/C14H23N/c1-8-15(7)14-12(5)10(3)9(2)11(4)13(14)6/h8H2,1-7H3. The highest BCUT2D eigenvalue weighted by Gasteiger charge is 2.13. The SMILES string of the molecule is CCN(C)c1c(C)c(C)c(C)c(C)c1C. The van der Waals surface area contributed by atoms with Crippen molar-refractivity contribution in [3.8, 4) is 0 Å². The Balaban J connectivity index is 3.52. The molecule has 0 radical (unpaired) electrons. The van der Waals surface area contributed by atoms with Gasteiger partial charge in [0.15, 0.2) is 0 Å². The van der Waals surface area contributed by atoms with Crippen LogP contribution in [0, 0.1) is 34.6 Å². The topological polar surface area (TPSA) is 3.24 Å². The molecule has 0 aliphatic carbocycles. The Morgan fingerprint density at radius 3 is 1.40 bits per heavy atom. The van der Waals surface area contributed by atoms with E-state index < -0.39 is 0 Å². The third-order valence-corrected chi connectivity index (χ3v) is 3.82. The largest absolute Gasteiger partial charge is 0.374 e. The van der Waals surface area contributed by atoms with Crippen molar-refractivity contribution in [2.24, 2.45) is 0 Å². The van der Waals surface area contributed by atoms with Gasteiger partial charge in [-0.3, -0.25) is 0 Å². The molecule has 0 fully saturated rings. The first-order valence-corrected chi connectivity index (χ1v) is 5.69. The van der Waals surface area contributed by atoms with Crippen molar-refractivity contribution in [2.45, 2.75) is 41.5 Å². The molecule has 0 atom stereocenters. The van der Waals surface area contributed by atoms with Crippen LogP contribution in [0.4, 0.5) is 5.69 Å². The molecule has 0 unspecified atom stereocenters. The summed E-state index contributed by atoms with van der Waals surface area (Å²) in [5, 5.41) is 0. The fraction of sp³-hybridized carbons (Fsp3) is 0.571. The number of benzene rings is 1. The number of rotatable bonds is 2. The van der Waals surface area contributed by atoms with Gasteiger partial charge in [-0.15, -0.1) is 0 Å². The van der Waals surface area contributed by atoms with Gasteiger partial charge in [-0.05, 0) is 69.4 Å². The van der Waals surface area contributed by atoms with Gasteiger partial charge in [0.25, 0.3) is 0 Å². The van der Waals surface area contributed by atoms with Crippen LogP contribution in [0.2, 0.25) is 0 Å². The Hall–Kier alpha value is -0.980. The maximum absolute atomic E-state index is 2.34. The minimum absolute atomic E-state index is 1.06. The summed E-state index contributed by atoms with van der Waals surface area (Å²) in [5.41, 5.74) is 8.60. The second-order valence-corrected chi connectivity index (χ2v) is 4.49. The molecule has 84 valence electrons. The zero-order chi connectivity index (χ0) is 11.7. The van der Waals surface area contributed by atoms with E-state index in [1.54, 1.807) is 0 Å². The van der Waals surface area contributed by atoms with E-state index in [2.05, 4.69) is 53.5 Å². The minimum atomic E-state index is 1.06. The zero-order valence-corrected chi connectivity index (χ0v) is 11.2. The summed E-state index contributed by atoms with van der Waals surface area (Å²) < 4.78 is 0. The summed E-state index contributed by atoms with van der Waals surface area (Å²) >= 11 is 0. The summed E-state index contributed by atoms with van der Waals surface area (Å²) in [4.78, 5) is 2.34. The summed E-state index contributed by atoms with van der Waals surface area (Å²) in [5.74, 6) is 0. The molecule has 0 amide bonds. The van der Waals surface area contributed by atoms with Gasteiger partial charge in [-0.2, -0.15) is 0 Å². The minimum Gasteiger partial charge on any atom is -0.374 e. The molecule has 0 bridgehead atoms. The van der Waals surface area contributed by atoms with E-state index in [1.165, 1.54) is 33.5 Å². The molecule has 0 aliphatic rings. The van der Waals surface area contributed by atoms with Crippen LogP contribution in [-0.4, -0.2) is 13.6 Å². The molecule has 1 aromatic rings. The smallest absolute Gasteiger partial charge is 0.0428 e. The predicted octanol–water partition coefficient (Wildman–Crippen LogP) is 3.68. The van der Waals surface area contributed by atoms with E-state index in [1.807, 2.05) is 0 Å². The fourth-order valence-electron chi connectivity index (χ4n) is 2.21. The molecule has 0 heterocycles. The first-order chi connectivity index (χ1) is 6.91. The maximum Gasteiger partial charge on any atom is 0.0428 e. The fourth-order valence-corrected chi connectivity index (χ4v) is 2.21. The Morgan fingerprint density at radius 2 is 1.07 bits per heavy atom. The lowest BCUT2D eigenvalue weighted by molar-refractivity contribution is 0.944. The molecule has 15 heavy (non-hydrogen) atoms. The zero-order valence-electron chi connectivity index (χ0n) is 11.2. The van der Waals surface area contributed by atoms with Crippen molar-refractivity contribution in [3.05, 3.63) is 27.8 Å². The number of hydrogen-bond acceptors (Lipinski definition) is 1. The van der Waals surface area contributed by atoms with Gasteiger partial charge in [0.1, 0.15) is 0 Å². The Kier molecular flexibility index (Phi) is 3.43. The summed E-state index contributed by atoms with van der Waals surface area (Å²) in [7, 11) is 2.17. The lowest BCUT2D eigenvalue weighted by Crippen LogP contribution is -2.19. The van der Waals surface area contributed by atoms with E-state index in [0.717, 1.165) is 6.54 Å². The predicted molar refractivity (Wildman–Crippen MR) is 69.1 cm³/mol. The number of hydrogen-bond donors (Lipinski definition) is 0. The quantitative estimate of drug-likeness (QED) is 0.712. The monoisotopic (exact) mass is 205 g/mol. The van der Waals surface area contributed by atoms with Gasteiger partial charge < -0.3 is 4.90 Å². The molecule has 1 heteroatoms. The Morgan fingerprint density at radius 1 is 0.733 bits per heavy atom. The third kappa shape index (κ3) is 1.88. The molecule has 1 rings (SSSR count). The first-order valence-electron chi connectivity index (χ1n) is 5.69. The van der Waals surface area contributed by atoms with Gasteiger partial charge in [0.2, 0.25) is 0 Å². The van der Waals surface area contributed by atoms with Crippen LogP contribution in [0.15, 0.2) is 0 Å². The summed E-state index contributed by atoms with van der Waals surface area (Å²) in [6.07, 6.45) is 0. The number of anilines is 1. The van der Waals surface area contributed by atoms with E-state index in [-0.39, 0.29) is 0 Å². The molecule has 0 aliphatic heterocycles. The second kappa shape index (κ2) is 4.26. The Bertz CT molecular complexity index is 348. The third-order valence-electron chi connectivity index (χ3n) is 3.82. The van der Waals surface area contributed by atoms with Gasteiger partial charge in [-0.1, -0.05) is 0 Å². The van der Waals surface area contributed by atoms with Gasteiger partial charge >= 0.3 is 0 Å². The molecule has 1 nitrogen and oxygen atoms in total. The molecule has 0 saturated carbocycles. The molecule has 0 saturated heterocycles. The molecule has 0 aromatic heterocycles. The molecular weight excluding hydrogens is 182 g/mol. The van der Waals surface area contributed by atoms with Gasteiger partial charge in [0.05, 0.1) is 0 Å². The highest BCUT2D eigenvalue weighted by atomic mass is 15.1. The molecular formula is C14H23N. The normalized spacial score (nSPS) is 10.6. The van der Waals surface area contributed by atoms with Crippen LogP contribution in [0.5, 0.6) is 0 Å². The van der Waals surface area contributed by atoms with Crippen LogP contribution in [0.25, 0.3) is 0 Å². The Labute approximate surface area is 94.1 Å². The van der Waals surface area contributed by atoms with Crippen molar-refractivity contribution >= 4 is 5.69 Å². The van der Waals surface area contributed by atoms with Gasteiger partial charge in [-0.25, -0.2) is 0 Å². The van der Waals surface area contributed by atoms with Crippen molar-refractivity contribution in [2.75, 3.05) is 18.5 Å². The molecule has 1 aromatic carbocycles. The van der Waals surface area contributed by atoms with Crippen molar-refractivity contribution in [1.82, 2.24) is 0 Å². The van der Waals surface area contributed by atoms with E-state index >= 15 is 0 Å². The van der Waals surface area contributed by atoms with Crippen LogP contribution in [0.3, 0.4) is 0 Å². The van der Waals surface area contributed by atoms with E-state index in [4.69, 9.17) is 0 Å². The van der Waals surface area contributed by atoms with Gasteiger partial charge in [0, 0.05) is 19.3 Å². The molecule has 0 spiro atoms. The average molecular weight is 205 g/mol. The van der Waals surface area contributed by atoms with E-state index in [0.29, 0.717) is 0 Å². The van der Waals surface area contributed by atoms with Crippen molar-refractivity contribution in [1.29, 1.82) is 0 Å². The molecule has 0 N–H and O–H groups in total. The number of nitrogens with zero attached hydrogens (tertiary/aromatic N) is 1. The highest BCUT2D eigenvalue weighted by Crippen LogP contribution is 2.32. The highest BCUT2D eigenvalue weighted by molar-refractivity contribution is 5.65. The van der Waals surface area contributed by atoms with Crippen molar-refractivity contribution in [3.63, 3.8) is 0 Å². The average Bonchev–Trinajstić information content (AvgIpc) is 2.23. The first kappa shape index (κ1) is 12.1. The second-order valence-electron chi connectivity index (χ2n) is 4.49. The summed E-state index contributed by atoms with van der Waals surface area (Å²) in [6, 6.07) is 0.